The van der Waals surface area contributed by atoms with E-state index >= 15 is 0 Å². The van der Waals surface area contributed by atoms with Crippen molar-refractivity contribution >= 4 is 17.3 Å². The Morgan fingerprint density at radius 2 is 1.59 bits per heavy atom. The molecule has 29 heavy (non-hydrogen) atoms. The van der Waals surface area contributed by atoms with Gasteiger partial charge >= 0.3 is 0 Å². The number of hydrogen-bond donors (Lipinski definition) is 2. The van der Waals surface area contributed by atoms with Gasteiger partial charge in [-0.2, -0.15) is 0 Å². The molecule has 0 aliphatic carbocycles. The zero-order valence-corrected chi connectivity index (χ0v) is 16.8. The fourth-order valence-corrected chi connectivity index (χ4v) is 3.97. The first-order valence-electron chi connectivity index (χ1n) is 10.1. The molecular formula is C21H28FN5O2. The Kier molecular flexibility index (Phi) is 5.56. The van der Waals surface area contributed by atoms with E-state index in [9.17, 15) is 14.6 Å². The molecule has 2 fully saturated rings. The normalized spacial score (nSPS) is 19.5. The Morgan fingerprint density at radius 3 is 2.21 bits per heavy atom. The van der Waals surface area contributed by atoms with Crippen molar-refractivity contribution in [2.75, 3.05) is 54.0 Å². The van der Waals surface area contributed by atoms with Crippen molar-refractivity contribution in [2.45, 2.75) is 32.0 Å². The lowest BCUT2D eigenvalue weighted by atomic mass is 9.94. The van der Waals surface area contributed by atoms with Crippen LogP contribution in [0.5, 0.6) is 0 Å². The maximum absolute atomic E-state index is 14.5. The first-order valence-corrected chi connectivity index (χ1v) is 10.1. The molecule has 0 bridgehead atoms. The van der Waals surface area contributed by atoms with Gasteiger partial charge in [0.2, 0.25) is 5.95 Å². The zero-order chi connectivity index (χ0) is 20.4. The van der Waals surface area contributed by atoms with Gasteiger partial charge in [0.1, 0.15) is 0 Å². The molecule has 0 radical (unpaired) electrons. The molecule has 0 amide bonds. The molecule has 2 aliphatic heterocycles. The molecule has 0 unspecified atom stereocenters. The number of rotatable bonds is 4. The number of aromatic nitrogens is 2. The summed E-state index contributed by atoms with van der Waals surface area (Å²) < 4.78 is 14.5. The number of piperazine rings is 1. The highest BCUT2D eigenvalue weighted by atomic mass is 19.1. The van der Waals surface area contributed by atoms with Gasteiger partial charge in [-0.1, -0.05) is 12.1 Å². The number of benzene rings is 1. The molecule has 0 atom stereocenters. The quantitative estimate of drug-likeness (QED) is 0.809. The molecule has 2 aliphatic rings. The second-order valence-corrected chi connectivity index (χ2v) is 8.11. The van der Waals surface area contributed by atoms with Gasteiger partial charge in [-0.15, -0.1) is 0 Å². The van der Waals surface area contributed by atoms with Gasteiger partial charge in [0, 0.05) is 44.8 Å². The average Bonchev–Trinajstić information content (AvgIpc) is 2.74. The minimum atomic E-state index is -0.591. The fraction of sp³-hybridized carbons (Fsp3) is 0.524. The van der Waals surface area contributed by atoms with Gasteiger partial charge in [0.25, 0.3) is 0 Å². The maximum atomic E-state index is 14.5. The number of hydrogen-bond acceptors (Lipinski definition) is 7. The largest absolute Gasteiger partial charge is 0.392 e. The minimum Gasteiger partial charge on any atom is -0.392 e. The summed E-state index contributed by atoms with van der Waals surface area (Å²) in [5, 5.41) is 19.4. The Balaban J connectivity index is 1.37. The van der Waals surface area contributed by atoms with Gasteiger partial charge in [0.15, 0.2) is 5.82 Å². The number of aliphatic hydroxyl groups excluding tert-OH is 1. The van der Waals surface area contributed by atoms with Gasteiger partial charge in [-0.25, -0.2) is 14.4 Å². The first kappa shape index (κ1) is 19.8. The summed E-state index contributed by atoms with van der Waals surface area (Å²) in [6, 6.07) is 5.15. The van der Waals surface area contributed by atoms with Crippen LogP contribution in [0.1, 0.15) is 25.3 Å². The molecule has 0 saturated carbocycles. The van der Waals surface area contributed by atoms with E-state index in [-0.39, 0.29) is 12.4 Å². The fourth-order valence-electron chi connectivity index (χ4n) is 3.97. The highest BCUT2D eigenvalue weighted by Crippen LogP contribution is 2.26. The SMILES string of the molecule is CC1(O)CCN(c2ncc(N3CCN(c4cccc(CO)c4F)CC3)cn2)CC1. The van der Waals surface area contributed by atoms with Crippen LogP contribution in [0.25, 0.3) is 0 Å². The third-order valence-corrected chi connectivity index (χ3v) is 5.96. The summed E-state index contributed by atoms with van der Waals surface area (Å²) >= 11 is 0. The molecule has 3 heterocycles. The topological polar surface area (TPSA) is 76.0 Å². The molecule has 2 N–H and O–H groups in total. The van der Waals surface area contributed by atoms with E-state index in [2.05, 4.69) is 19.8 Å². The number of piperidine rings is 1. The Hall–Kier alpha value is -2.45. The average molecular weight is 401 g/mol. The van der Waals surface area contributed by atoms with Crippen LogP contribution in [0.15, 0.2) is 30.6 Å². The summed E-state index contributed by atoms with van der Waals surface area (Å²) in [5.41, 5.74) is 1.24. The second-order valence-electron chi connectivity index (χ2n) is 8.11. The standard InChI is InChI=1S/C21H28FN5O2/c1-21(29)5-7-27(8-6-21)20-23-13-17(14-24-20)25-9-11-26(12-10-25)18-4-2-3-16(15-28)19(18)22/h2-4,13-14,28-29H,5-12,15H2,1H3. The Bertz CT molecular complexity index is 827. The van der Waals surface area contributed by atoms with Crippen LogP contribution in [-0.2, 0) is 6.61 Å². The predicted molar refractivity (Wildman–Crippen MR) is 111 cm³/mol. The molecule has 2 saturated heterocycles. The van der Waals surface area contributed by atoms with Crippen LogP contribution in [0.3, 0.4) is 0 Å². The highest BCUT2D eigenvalue weighted by Gasteiger charge is 2.28. The Labute approximate surface area is 170 Å². The van der Waals surface area contributed by atoms with Crippen LogP contribution in [0, 0.1) is 5.82 Å². The molecule has 1 aromatic heterocycles. The van der Waals surface area contributed by atoms with Crippen molar-refractivity contribution in [2.24, 2.45) is 0 Å². The first-order chi connectivity index (χ1) is 14.0. The Morgan fingerprint density at radius 1 is 0.966 bits per heavy atom. The zero-order valence-electron chi connectivity index (χ0n) is 16.8. The monoisotopic (exact) mass is 401 g/mol. The molecular weight excluding hydrogens is 373 g/mol. The summed E-state index contributed by atoms with van der Waals surface area (Å²) in [6.07, 6.45) is 5.12. The molecule has 0 spiro atoms. The minimum absolute atomic E-state index is 0.294. The number of nitrogens with zero attached hydrogens (tertiary/aromatic N) is 5. The lowest BCUT2D eigenvalue weighted by Crippen LogP contribution is -2.47. The number of aliphatic hydroxyl groups is 2. The van der Waals surface area contributed by atoms with Gasteiger partial charge in [-0.05, 0) is 25.8 Å². The number of halogens is 1. The van der Waals surface area contributed by atoms with E-state index in [0.29, 0.717) is 43.1 Å². The van der Waals surface area contributed by atoms with E-state index in [1.807, 2.05) is 24.2 Å². The molecule has 7 nitrogen and oxygen atoms in total. The van der Waals surface area contributed by atoms with Crippen LogP contribution in [-0.4, -0.2) is 65.1 Å². The molecule has 4 rings (SSSR count). The van der Waals surface area contributed by atoms with E-state index in [1.165, 1.54) is 0 Å². The van der Waals surface area contributed by atoms with Crippen molar-refractivity contribution in [3.8, 4) is 0 Å². The van der Waals surface area contributed by atoms with E-state index in [1.54, 1.807) is 18.2 Å². The predicted octanol–water partition coefficient (Wildman–Crippen LogP) is 1.79. The van der Waals surface area contributed by atoms with Gasteiger partial charge < -0.3 is 24.9 Å². The van der Waals surface area contributed by atoms with Gasteiger partial charge in [-0.3, -0.25) is 0 Å². The maximum Gasteiger partial charge on any atom is 0.225 e. The molecule has 2 aromatic rings. The van der Waals surface area contributed by atoms with E-state index < -0.39 is 5.60 Å². The number of anilines is 3. The molecule has 1 aromatic carbocycles. The van der Waals surface area contributed by atoms with Crippen molar-refractivity contribution in [1.82, 2.24) is 9.97 Å². The second kappa shape index (κ2) is 8.12. The van der Waals surface area contributed by atoms with Crippen molar-refractivity contribution in [3.05, 3.63) is 42.0 Å². The summed E-state index contributed by atoms with van der Waals surface area (Å²) in [7, 11) is 0. The highest BCUT2D eigenvalue weighted by molar-refractivity contribution is 5.53. The van der Waals surface area contributed by atoms with Crippen LogP contribution < -0.4 is 14.7 Å². The smallest absolute Gasteiger partial charge is 0.225 e. The van der Waals surface area contributed by atoms with Crippen molar-refractivity contribution in [1.29, 1.82) is 0 Å². The van der Waals surface area contributed by atoms with Crippen LogP contribution >= 0.6 is 0 Å². The van der Waals surface area contributed by atoms with E-state index in [4.69, 9.17) is 0 Å². The van der Waals surface area contributed by atoms with Crippen LogP contribution in [0.4, 0.5) is 21.7 Å². The molecule has 156 valence electrons. The lowest BCUT2D eigenvalue weighted by Gasteiger charge is -2.38. The lowest BCUT2D eigenvalue weighted by molar-refractivity contribution is 0.0349. The summed E-state index contributed by atoms with van der Waals surface area (Å²) in [5.74, 6) is 0.363. The third-order valence-electron chi connectivity index (χ3n) is 5.96. The van der Waals surface area contributed by atoms with E-state index in [0.717, 1.165) is 31.9 Å². The van der Waals surface area contributed by atoms with Crippen molar-refractivity contribution in [3.63, 3.8) is 0 Å². The van der Waals surface area contributed by atoms with Crippen LogP contribution in [0.2, 0.25) is 0 Å². The third kappa shape index (κ3) is 4.28. The van der Waals surface area contributed by atoms with Gasteiger partial charge in [0.05, 0.1) is 36.0 Å². The summed E-state index contributed by atoms with van der Waals surface area (Å²) in [4.78, 5) is 15.4. The molecule has 8 heteroatoms. The summed E-state index contributed by atoms with van der Waals surface area (Å²) in [6.45, 7) is 5.96. The van der Waals surface area contributed by atoms with Crippen molar-refractivity contribution < 1.29 is 14.6 Å².